The van der Waals surface area contributed by atoms with Crippen molar-refractivity contribution in [2.24, 2.45) is 0 Å². The molecule has 104 valence electrons. The van der Waals surface area contributed by atoms with E-state index in [9.17, 15) is 9.59 Å². The van der Waals surface area contributed by atoms with E-state index in [0.717, 1.165) is 12.8 Å². The number of likely N-dealkylation sites (N-methyl/N-ethyl adjacent to an activating group) is 1. The molecule has 2 N–H and O–H groups in total. The summed E-state index contributed by atoms with van der Waals surface area (Å²) in [5.74, 6) is -1.01. The lowest BCUT2D eigenvalue weighted by atomic mass is 9.94. The highest BCUT2D eigenvalue weighted by atomic mass is 16.5. The van der Waals surface area contributed by atoms with Gasteiger partial charge in [0.2, 0.25) is 0 Å². The van der Waals surface area contributed by atoms with Gasteiger partial charge >= 0.3 is 12.0 Å². The topological polar surface area (TPSA) is 78.9 Å². The first-order chi connectivity index (χ1) is 8.23. The maximum atomic E-state index is 11.9. The lowest BCUT2D eigenvalue weighted by molar-refractivity contribution is -0.141. The molecule has 0 aromatic carbocycles. The van der Waals surface area contributed by atoms with Crippen LogP contribution in [0.25, 0.3) is 0 Å². The summed E-state index contributed by atoms with van der Waals surface area (Å²) >= 11 is 0. The molecule has 1 saturated heterocycles. The fourth-order valence-corrected chi connectivity index (χ4v) is 1.97. The largest absolute Gasteiger partial charge is 0.480 e. The second kappa shape index (κ2) is 5.56. The Labute approximate surface area is 107 Å². The van der Waals surface area contributed by atoms with Gasteiger partial charge in [-0.25, -0.2) is 9.59 Å². The van der Waals surface area contributed by atoms with Gasteiger partial charge < -0.3 is 20.1 Å². The fraction of sp³-hybridized carbons (Fsp3) is 0.833. The first kappa shape index (κ1) is 14.8. The van der Waals surface area contributed by atoms with Crippen molar-refractivity contribution in [1.82, 2.24) is 10.2 Å². The zero-order valence-corrected chi connectivity index (χ0v) is 11.4. The third-order valence-electron chi connectivity index (χ3n) is 3.28. The standard InChI is InChI=1S/C12H22N2O4/c1-8(10(15)16)14(4)11(17)13-9-5-6-18-12(2,3)7-9/h8-9H,5-7H2,1-4H3,(H,13,17)(H,15,16). The number of aliphatic carboxylic acids is 1. The van der Waals surface area contributed by atoms with Gasteiger partial charge in [0.25, 0.3) is 0 Å². The highest BCUT2D eigenvalue weighted by Gasteiger charge is 2.31. The number of amides is 2. The number of carbonyl (C=O) groups is 2. The Balaban J connectivity index is 2.52. The predicted molar refractivity (Wildman–Crippen MR) is 66.4 cm³/mol. The van der Waals surface area contributed by atoms with Crippen LogP contribution in [0.3, 0.4) is 0 Å². The van der Waals surface area contributed by atoms with Crippen LogP contribution in [0.2, 0.25) is 0 Å². The Morgan fingerprint density at radius 3 is 2.61 bits per heavy atom. The summed E-state index contributed by atoms with van der Waals surface area (Å²) < 4.78 is 5.56. The molecular formula is C12H22N2O4. The monoisotopic (exact) mass is 258 g/mol. The van der Waals surface area contributed by atoms with E-state index in [1.807, 2.05) is 13.8 Å². The van der Waals surface area contributed by atoms with Gasteiger partial charge in [0.1, 0.15) is 6.04 Å². The molecule has 2 unspecified atom stereocenters. The number of hydrogen-bond acceptors (Lipinski definition) is 3. The van der Waals surface area contributed by atoms with Crippen molar-refractivity contribution >= 4 is 12.0 Å². The molecule has 0 radical (unpaired) electrons. The summed E-state index contributed by atoms with van der Waals surface area (Å²) in [5, 5.41) is 11.7. The average molecular weight is 258 g/mol. The summed E-state index contributed by atoms with van der Waals surface area (Å²) in [4.78, 5) is 23.9. The molecule has 1 fully saturated rings. The fourth-order valence-electron chi connectivity index (χ4n) is 1.97. The number of hydrogen-bond donors (Lipinski definition) is 2. The molecule has 6 nitrogen and oxygen atoms in total. The van der Waals surface area contributed by atoms with Crippen LogP contribution in [0.5, 0.6) is 0 Å². The summed E-state index contributed by atoms with van der Waals surface area (Å²) in [6.07, 6.45) is 1.48. The Morgan fingerprint density at radius 2 is 2.11 bits per heavy atom. The van der Waals surface area contributed by atoms with Gasteiger partial charge in [-0.15, -0.1) is 0 Å². The predicted octanol–water partition coefficient (Wildman–Crippen LogP) is 1.06. The molecule has 2 amide bonds. The van der Waals surface area contributed by atoms with Crippen LogP contribution < -0.4 is 5.32 Å². The van der Waals surface area contributed by atoms with E-state index in [0.29, 0.717) is 6.61 Å². The van der Waals surface area contributed by atoms with Crippen molar-refractivity contribution in [3.63, 3.8) is 0 Å². The number of carbonyl (C=O) groups excluding carboxylic acids is 1. The van der Waals surface area contributed by atoms with E-state index in [-0.39, 0.29) is 17.7 Å². The van der Waals surface area contributed by atoms with Crippen molar-refractivity contribution in [2.45, 2.75) is 51.3 Å². The minimum Gasteiger partial charge on any atom is -0.480 e. The quantitative estimate of drug-likeness (QED) is 0.793. The Hall–Kier alpha value is -1.30. The smallest absolute Gasteiger partial charge is 0.326 e. The summed E-state index contributed by atoms with van der Waals surface area (Å²) in [6, 6.07) is -1.16. The van der Waals surface area contributed by atoms with Crippen molar-refractivity contribution in [3.05, 3.63) is 0 Å². The molecule has 0 aliphatic carbocycles. The molecule has 6 heteroatoms. The third-order valence-corrected chi connectivity index (χ3v) is 3.28. The van der Waals surface area contributed by atoms with Crippen LogP contribution in [0.15, 0.2) is 0 Å². The highest BCUT2D eigenvalue weighted by Crippen LogP contribution is 2.23. The minimum atomic E-state index is -1.01. The summed E-state index contributed by atoms with van der Waals surface area (Å²) in [5.41, 5.74) is -0.243. The SMILES string of the molecule is CC(C(=O)O)N(C)C(=O)NC1CCOC(C)(C)C1. The average Bonchev–Trinajstić information content (AvgIpc) is 2.25. The van der Waals surface area contributed by atoms with Crippen molar-refractivity contribution < 1.29 is 19.4 Å². The zero-order chi connectivity index (χ0) is 13.9. The molecule has 0 aromatic heterocycles. The Kier molecular flexibility index (Phi) is 4.56. The number of nitrogens with zero attached hydrogens (tertiary/aromatic N) is 1. The molecule has 0 bridgehead atoms. The molecule has 0 spiro atoms. The van der Waals surface area contributed by atoms with Crippen LogP contribution in [0.1, 0.15) is 33.6 Å². The van der Waals surface area contributed by atoms with Crippen LogP contribution in [-0.4, -0.2) is 53.3 Å². The van der Waals surface area contributed by atoms with E-state index < -0.39 is 12.0 Å². The van der Waals surface area contributed by atoms with Gasteiger partial charge in [0, 0.05) is 19.7 Å². The molecule has 1 heterocycles. The summed E-state index contributed by atoms with van der Waals surface area (Å²) in [7, 11) is 1.48. The second-order valence-corrected chi connectivity index (χ2v) is 5.37. The molecule has 1 rings (SSSR count). The molecule has 1 aliphatic heterocycles. The van der Waals surface area contributed by atoms with Gasteiger partial charge in [-0.3, -0.25) is 0 Å². The number of nitrogens with one attached hydrogen (secondary N) is 1. The van der Waals surface area contributed by atoms with Gasteiger partial charge in [-0.2, -0.15) is 0 Å². The Bertz CT molecular complexity index is 330. The molecule has 0 aromatic rings. The van der Waals surface area contributed by atoms with Crippen LogP contribution in [-0.2, 0) is 9.53 Å². The van der Waals surface area contributed by atoms with Gasteiger partial charge in [0.05, 0.1) is 5.60 Å². The van der Waals surface area contributed by atoms with E-state index >= 15 is 0 Å². The van der Waals surface area contributed by atoms with Crippen molar-refractivity contribution in [2.75, 3.05) is 13.7 Å². The molecule has 1 aliphatic rings. The van der Waals surface area contributed by atoms with Crippen molar-refractivity contribution in [3.8, 4) is 0 Å². The number of carboxylic acids is 1. The second-order valence-electron chi connectivity index (χ2n) is 5.37. The number of rotatable bonds is 3. The number of carboxylic acid groups (broad SMARTS) is 1. The first-order valence-corrected chi connectivity index (χ1v) is 6.13. The van der Waals surface area contributed by atoms with Gasteiger partial charge in [-0.05, 0) is 33.6 Å². The lowest BCUT2D eigenvalue weighted by Gasteiger charge is -2.36. The maximum Gasteiger partial charge on any atom is 0.326 e. The van der Waals surface area contributed by atoms with E-state index in [1.165, 1.54) is 18.9 Å². The van der Waals surface area contributed by atoms with E-state index in [2.05, 4.69) is 5.32 Å². The highest BCUT2D eigenvalue weighted by molar-refractivity contribution is 5.82. The van der Waals surface area contributed by atoms with Crippen LogP contribution in [0.4, 0.5) is 4.79 Å². The zero-order valence-electron chi connectivity index (χ0n) is 11.4. The molecule has 2 atom stereocenters. The van der Waals surface area contributed by atoms with Crippen LogP contribution in [0, 0.1) is 0 Å². The van der Waals surface area contributed by atoms with E-state index in [4.69, 9.17) is 9.84 Å². The molecule has 0 saturated carbocycles. The molecular weight excluding hydrogens is 236 g/mol. The minimum absolute atomic E-state index is 0.0321. The van der Waals surface area contributed by atoms with E-state index in [1.54, 1.807) is 0 Å². The van der Waals surface area contributed by atoms with Crippen LogP contribution >= 0.6 is 0 Å². The number of urea groups is 1. The Morgan fingerprint density at radius 1 is 1.50 bits per heavy atom. The van der Waals surface area contributed by atoms with Crippen molar-refractivity contribution in [1.29, 1.82) is 0 Å². The maximum absolute atomic E-state index is 11.9. The van der Waals surface area contributed by atoms with Gasteiger partial charge in [-0.1, -0.05) is 0 Å². The normalized spacial score (nSPS) is 24.1. The summed E-state index contributed by atoms with van der Waals surface area (Å²) in [6.45, 7) is 6.05. The van der Waals surface area contributed by atoms with Gasteiger partial charge in [0.15, 0.2) is 0 Å². The third kappa shape index (κ3) is 3.87. The lowest BCUT2D eigenvalue weighted by Crippen LogP contribution is -2.52. The number of ether oxygens (including phenoxy) is 1. The first-order valence-electron chi connectivity index (χ1n) is 6.13. The molecule has 18 heavy (non-hydrogen) atoms.